The monoisotopic (exact) mass is 362 g/mol. The first-order valence-electron chi connectivity index (χ1n) is 8.91. The molecule has 1 aliphatic carbocycles. The summed E-state index contributed by atoms with van der Waals surface area (Å²) in [6.45, 7) is 1.45. The number of esters is 1. The number of aryl methyl sites for hydroxylation is 1. The van der Waals surface area contributed by atoms with Crippen molar-refractivity contribution in [2.45, 2.75) is 57.6 Å². The van der Waals surface area contributed by atoms with Crippen LogP contribution in [0.25, 0.3) is 0 Å². The molecule has 0 aliphatic heterocycles. The number of urea groups is 1. The van der Waals surface area contributed by atoms with Crippen molar-refractivity contribution in [3.63, 3.8) is 0 Å². The zero-order valence-corrected chi connectivity index (χ0v) is 15.2. The summed E-state index contributed by atoms with van der Waals surface area (Å²) in [6.07, 6.45) is 3.65. The zero-order valence-electron chi connectivity index (χ0n) is 15.2. The third kappa shape index (κ3) is 6.38. The number of rotatable bonds is 7. The van der Waals surface area contributed by atoms with E-state index < -0.39 is 24.0 Å². The molecule has 142 valence electrons. The van der Waals surface area contributed by atoms with E-state index in [1.165, 1.54) is 6.92 Å². The number of benzene rings is 1. The minimum absolute atomic E-state index is 0.116. The van der Waals surface area contributed by atoms with Gasteiger partial charge in [0.15, 0.2) is 6.10 Å². The lowest BCUT2D eigenvalue weighted by atomic mass is 10.1. The van der Waals surface area contributed by atoms with Crippen LogP contribution in [0.3, 0.4) is 0 Å². The standard InChI is InChI=1S/C19H26N2O5/c1-13(18(23)21-19(24)20-15-5-3-4-6-15)26-17(22)12-9-14-7-10-16(25-2)11-8-14/h7-8,10-11,13,15H,3-6,9,12H2,1-2H3,(H2,20,21,23,24)/t13-/m1/s1. The molecule has 0 unspecified atom stereocenters. The van der Waals surface area contributed by atoms with Gasteiger partial charge in [-0.15, -0.1) is 0 Å². The van der Waals surface area contributed by atoms with Gasteiger partial charge in [0.05, 0.1) is 7.11 Å². The first kappa shape index (κ1) is 19.8. The maximum Gasteiger partial charge on any atom is 0.321 e. The number of ether oxygens (including phenoxy) is 2. The Balaban J connectivity index is 1.69. The van der Waals surface area contributed by atoms with Crippen LogP contribution in [0.15, 0.2) is 24.3 Å². The average Bonchev–Trinajstić information content (AvgIpc) is 3.13. The van der Waals surface area contributed by atoms with Crippen LogP contribution in [0.1, 0.15) is 44.6 Å². The van der Waals surface area contributed by atoms with Gasteiger partial charge in [-0.25, -0.2) is 4.79 Å². The number of amides is 3. The average molecular weight is 362 g/mol. The van der Waals surface area contributed by atoms with Crippen molar-refractivity contribution in [3.05, 3.63) is 29.8 Å². The molecule has 26 heavy (non-hydrogen) atoms. The topological polar surface area (TPSA) is 93.7 Å². The third-order valence-electron chi connectivity index (χ3n) is 4.38. The lowest BCUT2D eigenvalue weighted by molar-refractivity contribution is -0.154. The van der Waals surface area contributed by atoms with Crippen molar-refractivity contribution in [1.29, 1.82) is 0 Å². The molecule has 0 aromatic heterocycles. The van der Waals surface area contributed by atoms with Gasteiger partial charge in [-0.2, -0.15) is 0 Å². The Hall–Kier alpha value is -2.57. The summed E-state index contributed by atoms with van der Waals surface area (Å²) in [6, 6.07) is 6.96. The molecule has 1 aliphatic rings. The molecular formula is C19H26N2O5. The largest absolute Gasteiger partial charge is 0.497 e. The second-order valence-corrected chi connectivity index (χ2v) is 6.42. The lowest BCUT2D eigenvalue weighted by Gasteiger charge is -2.15. The van der Waals surface area contributed by atoms with Gasteiger partial charge in [0.25, 0.3) is 5.91 Å². The summed E-state index contributed by atoms with van der Waals surface area (Å²) >= 11 is 0. The smallest absolute Gasteiger partial charge is 0.321 e. The van der Waals surface area contributed by atoms with Crippen LogP contribution < -0.4 is 15.4 Å². The molecule has 0 bridgehead atoms. The number of imide groups is 1. The predicted molar refractivity (Wildman–Crippen MR) is 95.8 cm³/mol. The molecule has 2 N–H and O–H groups in total. The van der Waals surface area contributed by atoms with Crippen molar-refractivity contribution >= 4 is 17.9 Å². The molecule has 1 saturated carbocycles. The molecule has 2 rings (SSSR count). The highest BCUT2D eigenvalue weighted by molar-refractivity contribution is 5.97. The maximum atomic E-state index is 11.9. The summed E-state index contributed by atoms with van der Waals surface area (Å²) in [4.78, 5) is 35.6. The van der Waals surface area contributed by atoms with Gasteiger partial charge in [0.2, 0.25) is 0 Å². The van der Waals surface area contributed by atoms with Crippen LogP contribution >= 0.6 is 0 Å². The van der Waals surface area contributed by atoms with Crippen LogP contribution in [0, 0.1) is 0 Å². The fraction of sp³-hybridized carbons (Fsp3) is 0.526. The SMILES string of the molecule is COc1ccc(CCC(=O)O[C@H](C)C(=O)NC(=O)NC2CCCC2)cc1. The highest BCUT2D eigenvalue weighted by Gasteiger charge is 2.22. The minimum atomic E-state index is -1.02. The van der Waals surface area contributed by atoms with E-state index in [-0.39, 0.29) is 12.5 Å². The highest BCUT2D eigenvalue weighted by Crippen LogP contribution is 2.17. The Morgan fingerprint density at radius 3 is 2.42 bits per heavy atom. The van der Waals surface area contributed by atoms with Crippen molar-refractivity contribution < 1.29 is 23.9 Å². The molecule has 1 atom stereocenters. The molecule has 1 aromatic carbocycles. The van der Waals surface area contributed by atoms with Crippen LogP contribution in [0.2, 0.25) is 0 Å². The number of nitrogens with one attached hydrogen (secondary N) is 2. The number of methoxy groups -OCH3 is 1. The summed E-state index contributed by atoms with van der Waals surface area (Å²) in [5, 5.41) is 4.97. The van der Waals surface area contributed by atoms with Crippen molar-refractivity contribution in [2.75, 3.05) is 7.11 Å². The molecule has 3 amide bonds. The van der Waals surface area contributed by atoms with Gasteiger partial charge >= 0.3 is 12.0 Å². The molecule has 0 spiro atoms. The van der Waals surface area contributed by atoms with E-state index in [4.69, 9.17) is 9.47 Å². The van der Waals surface area contributed by atoms with Crippen LogP contribution in [0.5, 0.6) is 5.75 Å². The van der Waals surface area contributed by atoms with E-state index in [0.29, 0.717) is 6.42 Å². The van der Waals surface area contributed by atoms with E-state index in [9.17, 15) is 14.4 Å². The lowest BCUT2D eigenvalue weighted by Crippen LogP contribution is -2.47. The van der Waals surface area contributed by atoms with E-state index >= 15 is 0 Å². The number of hydrogen-bond acceptors (Lipinski definition) is 5. The molecular weight excluding hydrogens is 336 g/mol. The fourth-order valence-electron chi connectivity index (χ4n) is 2.85. The molecule has 1 fully saturated rings. The summed E-state index contributed by atoms with van der Waals surface area (Å²) < 4.78 is 10.2. The van der Waals surface area contributed by atoms with Crippen molar-refractivity contribution in [3.8, 4) is 5.75 Å². The Labute approximate surface area is 153 Å². The van der Waals surface area contributed by atoms with Crippen LogP contribution in [-0.2, 0) is 20.7 Å². The molecule has 0 heterocycles. The first-order valence-corrected chi connectivity index (χ1v) is 8.91. The number of carbonyl (C=O) groups is 3. The van der Waals surface area contributed by atoms with Crippen LogP contribution in [0.4, 0.5) is 4.79 Å². The molecule has 0 saturated heterocycles. The highest BCUT2D eigenvalue weighted by atomic mass is 16.5. The predicted octanol–water partition coefficient (Wildman–Crippen LogP) is 2.33. The van der Waals surface area contributed by atoms with Gasteiger partial charge in [-0.3, -0.25) is 14.9 Å². The van der Waals surface area contributed by atoms with Gasteiger partial charge in [-0.05, 0) is 43.9 Å². The number of carbonyl (C=O) groups excluding carboxylic acids is 3. The third-order valence-corrected chi connectivity index (χ3v) is 4.38. The maximum absolute atomic E-state index is 11.9. The van der Waals surface area contributed by atoms with Crippen LogP contribution in [-0.4, -0.2) is 37.2 Å². The van der Waals surface area contributed by atoms with E-state index in [0.717, 1.165) is 37.0 Å². The molecule has 0 radical (unpaired) electrons. The summed E-state index contributed by atoms with van der Waals surface area (Å²) in [5.41, 5.74) is 0.968. The van der Waals surface area contributed by atoms with Gasteiger partial charge in [0, 0.05) is 12.5 Å². The fourth-order valence-corrected chi connectivity index (χ4v) is 2.85. The molecule has 7 nitrogen and oxygen atoms in total. The van der Waals surface area contributed by atoms with E-state index in [2.05, 4.69) is 10.6 Å². The second-order valence-electron chi connectivity index (χ2n) is 6.42. The van der Waals surface area contributed by atoms with Gasteiger partial charge in [-0.1, -0.05) is 25.0 Å². The quantitative estimate of drug-likeness (QED) is 0.726. The van der Waals surface area contributed by atoms with Gasteiger partial charge in [0.1, 0.15) is 5.75 Å². The normalized spacial score (nSPS) is 15.2. The van der Waals surface area contributed by atoms with Gasteiger partial charge < -0.3 is 14.8 Å². The second kappa shape index (κ2) is 9.79. The Kier molecular flexibility index (Phi) is 7.44. The Bertz CT molecular complexity index is 623. The Morgan fingerprint density at radius 2 is 1.81 bits per heavy atom. The first-order chi connectivity index (χ1) is 12.5. The zero-order chi connectivity index (χ0) is 18.9. The molecule has 7 heteroatoms. The Morgan fingerprint density at radius 1 is 1.15 bits per heavy atom. The van der Waals surface area contributed by atoms with Crippen molar-refractivity contribution in [2.24, 2.45) is 0 Å². The minimum Gasteiger partial charge on any atom is -0.497 e. The number of hydrogen-bond donors (Lipinski definition) is 2. The molecule has 1 aromatic rings. The van der Waals surface area contributed by atoms with E-state index in [1.807, 2.05) is 24.3 Å². The van der Waals surface area contributed by atoms with Crippen molar-refractivity contribution in [1.82, 2.24) is 10.6 Å². The summed E-state index contributed by atoms with van der Waals surface area (Å²) in [7, 11) is 1.59. The van der Waals surface area contributed by atoms with E-state index in [1.54, 1.807) is 7.11 Å². The summed E-state index contributed by atoms with van der Waals surface area (Å²) in [5.74, 6) is -0.365.